The van der Waals surface area contributed by atoms with Gasteiger partial charge in [0.25, 0.3) is 5.91 Å². The van der Waals surface area contributed by atoms with Gasteiger partial charge in [0.2, 0.25) is 0 Å². The first-order valence-electron chi connectivity index (χ1n) is 5.98. The summed E-state index contributed by atoms with van der Waals surface area (Å²) in [5.74, 6) is 0.248. The maximum Gasteiger partial charge on any atom is 0.253 e. The molecule has 0 spiro atoms. The first-order chi connectivity index (χ1) is 8.34. The zero-order chi connectivity index (χ0) is 13.5. The van der Waals surface area contributed by atoms with Gasteiger partial charge in [-0.3, -0.25) is 4.79 Å². The molecule has 2 aromatic rings. The van der Waals surface area contributed by atoms with Crippen LogP contribution >= 0.6 is 0 Å². The van der Waals surface area contributed by atoms with Crippen LogP contribution in [0.25, 0.3) is 10.9 Å². The van der Waals surface area contributed by atoms with Crippen LogP contribution in [0.4, 0.5) is 5.82 Å². The molecule has 0 aliphatic heterocycles. The Morgan fingerprint density at radius 3 is 2.50 bits per heavy atom. The predicted molar refractivity (Wildman–Crippen MR) is 75.1 cm³/mol. The molecule has 96 valence electrons. The first-order valence-corrected chi connectivity index (χ1v) is 5.98. The number of rotatable bonds is 2. The van der Waals surface area contributed by atoms with E-state index in [4.69, 9.17) is 5.73 Å². The first kappa shape index (κ1) is 12.5. The van der Waals surface area contributed by atoms with E-state index in [9.17, 15) is 4.79 Å². The Hall–Kier alpha value is -1.97. The van der Waals surface area contributed by atoms with Crippen molar-refractivity contribution in [2.45, 2.75) is 26.2 Å². The van der Waals surface area contributed by atoms with Crippen LogP contribution in [0.5, 0.6) is 0 Å². The molecule has 1 heterocycles. The van der Waals surface area contributed by atoms with Gasteiger partial charge in [-0.1, -0.05) is 32.9 Å². The van der Waals surface area contributed by atoms with Gasteiger partial charge in [0.05, 0.1) is 5.56 Å². The smallest absolute Gasteiger partial charge is 0.253 e. The quantitative estimate of drug-likeness (QED) is 0.761. The molecule has 2 rings (SSSR count). The molecule has 0 radical (unpaired) electrons. The summed E-state index contributed by atoms with van der Waals surface area (Å²) in [4.78, 5) is 14.7. The number of anilines is 1. The van der Waals surface area contributed by atoms with Crippen molar-refractivity contribution in [2.24, 2.45) is 5.73 Å². The Balaban J connectivity index is 2.70. The van der Waals surface area contributed by atoms with E-state index in [1.165, 1.54) is 5.56 Å². The van der Waals surface area contributed by atoms with Gasteiger partial charge in [0, 0.05) is 18.0 Å². The van der Waals surface area contributed by atoms with Crippen LogP contribution in [0.1, 0.15) is 36.7 Å². The highest BCUT2D eigenvalue weighted by Crippen LogP contribution is 2.30. The molecule has 0 atom stereocenters. The van der Waals surface area contributed by atoms with Crippen LogP contribution in [0.3, 0.4) is 0 Å². The Morgan fingerprint density at radius 2 is 2.00 bits per heavy atom. The summed E-state index contributed by atoms with van der Waals surface area (Å²) in [5.41, 5.74) is 8.17. The van der Waals surface area contributed by atoms with E-state index in [0.717, 1.165) is 10.9 Å². The zero-order valence-corrected chi connectivity index (χ0v) is 11.2. The van der Waals surface area contributed by atoms with Crippen LogP contribution < -0.4 is 11.1 Å². The lowest BCUT2D eigenvalue weighted by Crippen LogP contribution is -2.12. The van der Waals surface area contributed by atoms with Crippen LogP contribution in [-0.2, 0) is 5.41 Å². The molecule has 4 nitrogen and oxygen atoms in total. The van der Waals surface area contributed by atoms with Gasteiger partial charge < -0.3 is 16.0 Å². The number of aromatic nitrogens is 1. The Bertz CT molecular complexity index is 605. The van der Waals surface area contributed by atoms with E-state index in [1.807, 2.05) is 12.1 Å². The van der Waals surface area contributed by atoms with E-state index < -0.39 is 5.91 Å². The second-order valence-corrected chi connectivity index (χ2v) is 5.50. The Labute approximate surface area is 107 Å². The number of fused-ring (bicyclic) bond motifs is 1. The van der Waals surface area contributed by atoms with Gasteiger partial charge in [-0.2, -0.15) is 0 Å². The number of nitrogens with two attached hydrogens (primary N) is 1. The number of amides is 1. The fourth-order valence-electron chi connectivity index (χ4n) is 2.11. The molecule has 1 amide bonds. The maximum atomic E-state index is 11.5. The number of hydrogen-bond donors (Lipinski definition) is 3. The van der Waals surface area contributed by atoms with Crippen molar-refractivity contribution in [1.29, 1.82) is 0 Å². The standard InChI is InChI=1S/C14H19N3O/c1-14(2,3)8-5-6-9-10(7-8)17-13(16-4)11(9)12(15)18/h5-7,16-17H,1-4H3,(H2,15,18). The van der Waals surface area contributed by atoms with Crippen LogP contribution in [0, 0.1) is 0 Å². The van der Waals surface area contributed by atoms with Crippen molar-refractivity contribution in [3.8, 4) is 0 Å². The molecular formula is C14H19N3O. The molecule has 0 fully saturated rings. The fourth-order valence-corrected chi connectivity index (χ4v) is 2.11. The molecule has 0 aliphatic rings. The summed E-state index contributed by atoms with van der Waals surface area (Å²) in [7, 11) is 1.77. The number of carbonyl (C=O) groups is 1. The second-order valence-electron chi connectivity index (χ2n) is 5.50. The number of H-pyrrole nitrogens is 1. The monoisotopic (exact) mass is 245 g/mol. The largest absolute Gasteiger partial charge is 0.374 e. The normalized spacial score (nSPS) is 11.8. The number of primary amides is 1. The van der Waals surface area contributed by atoms with E-state index in [1.54, 1.807) is 7.05 Å². The third-order valence-corrected chi connectivity index (χ3v) is 3.16. The van der Waals surface area contributed by atoms with Gasteiger partial charge in [-0.25, -0.2) is 0 Å². The molecular weight excluding hydrogens is 226 g/mol. The van der Waals surface area contributed by atoms with Gasteiger partial charge in [0.15, 0.2) is 0 Å². The topological polar surface area (TPSA) is 70.9 Å². The molecule has 0 unspecified atom stereocenters. The lowest BCUT2D eigenvalue weighted by Gasteiger charge is -2.18. The van der Waals surface area contributed by atoms with Gasteiger partial charge in [-0.15, -0.1) is 0 Å². The molecule has 0 aliphatic carbocycles. The number of carbonyl (C=O) groups excluding carboxylic acids is 1. The molecule has 0 saturated heterocycles. The fraction of sp³-hybridized carbons (Fsp3) is 0.357. The molecule has 1 aromatic heterocycles. The van der Waals surface area contributed by atoms with Gasteiger partial charge in [0.1, 0.15) is 5.82 Å². The van der Waals surface area contributed by atoms with E-state index >= 15 is 0 Å². The van der Waals surface area contributed by atoms with Crippen LogP contribution in [-0.4, -0.2) is 17.9 Å². The molecule has 4 N–H and O–H groups in total. The number of benzene rings is 1. The van der Waals surface area contributed by atoms with E-state index in [0.29, 0.717) is 11.4 Å². The van der Waals surface area contributed by atoms with Crippen molar-refractivity contribution < 1.29 is 4.79 Å². The molecule has 4 heteroatoms. The highest BCUT2D eigenvalue weighted by atomic mass is 16.1. The van der Waals surface area contributed by atoms with Crippen molar-refractivity contribution >= 4 is 22.6 Å². The molecule has 0 bridgehead atoms. The van der Waals surface area contributed by atoms with Crippen molar-refractivity contribution in [1.82, 2.24) is 4.98 Å². The summed E-state index contributed by atoms with van der Waals surface area (Å²) in [6, 6.07) is 6.07. The third-order valence-electron chi connectivity index (χ3n) is 3.16. The average Bonchev–Trinajstić information content (AvgIpc) is 2.64. The number of hydrogen-bond acceptors (Lipinski definition) is 2. The van der Waals surface area contributed by atoms with Crippen molar-refractivity contribution in [3.05, 3.63) is 29.3 Å². The highest BCUT2D eigenvalue weighted by molar-refractivity contribution is 6.11. The summed E-state index contributed by atoms with van der Waals surface area (Å²) >= 11 is 0. The lowest BCUT2D eigenvalue weighted by atomic mass is 9.86. The molecule has 1 aromatic carbocycles. The Kier molecular flexibility index (Phi) is 2.81. The van der Waals surface area contributed by atoms with Gasteiger partial charge >= 0.3 is 0 Å². The predicted octanol–water partition coefficient (Wildman–Crippen LogP) is 2.61. The van der Waals surface area contributed by atoms with Crippen molar-refractivity contribution in [3.63, 3.8) is 0 Å². The van der Waals surface area contributed by atoms with Crippen molar-refractivity contribution in [2.75, 3.05) is 12.4 Å². The SMILES string of the molecule is CNc1[nH]c2cc(C(C)(C)C)ccc2c1C(N)=O. The molecule has 0 saturated carbocycles. The van der Waals surface area contributed by atoms with E-state index in [-0.39, 0.29) is 5.41 Å². The highest BCUT2D eigenvalue weighted by Gasteiger charge is 2.18. The minimum Gasteiger partial charge on any atom is -0.374 e. The summed E-state index contributed by atoms with van der Waals surface area (Å²) in [5, 5.41) is 3.83. The second kappa shape index (κ2) is 4.05. The summed E-state index contributed by atoms with van der Waals surface area (Å²) < 4.78 is 0. The van der Waals surface area contributed by atoms with Crippen LogP contribution in [0.15, 0.2) is 18.2 Å². The number of aromatic amines is 1. The molecule has 18 heavy (non-hydrogen) atoms. The maximum absolute atomic E-state index is 11.5. The minimum atomic E-state index is -0.422. The summed E-state index contributed by atoms with van der Waals surface area (Å²) in [6.45, 7) is 6.47. The van der Waals surface area contributed by atoms with E-state index in [2.05, 4.69) is 37.1 Å². The Morgan fingerprint density at radius 1 is 1.33 bits per heavy atom. The lowest BCUT2D eigenvalue weighted by molar-refractivity contribution is 0.100. The minimum absolute atomic E-state index is 0.0754. The zero-order valence-electron chi connectivity index (χ0n) is 11.2. The van der Waals surface area contributed by atoms with Crippen LogP contribution in [0.2, 0.25) is 0 Å². The number of nitrogens with one attached hydrogen (secondary N) is 2. The van der Waals surface area contributed by atoms with Gasteiger partial charge in [-0.05, 0) is 17.0 Å². The average molecular weight is 245 g/mol. The third kappa shape index (κ3) is 1.94. The summed E-state index contributed by atoms with van der Waals surface area (Å²) in [6.07, 6.45) is 0.